The molecule has 112 valence electrons. The molecule has 1 heterocycles. The summed E-state index contributed by atoms with van der Waals surface area (Å²) < 4.78 is 6.83. The lowest BCUT2D eigenvalue weighted by Crippen LogP contribution is -2.21. The van der Waals surface area contributed by atoms with Gasteiger partial charge in [0.25, 0.3) is 0 Å². The van der Waals surface area contributed by atoms with E-state index in [0.717, 1.165) is 28.0 Å². The molecule has 0 aliphatic carbocycles. The maximum Gasteiger partial charge on any atom is 0.138 e. The van der Waals surface area contributed by atoms with Crippen molar-refractivity contribution in [2.75, 3.05) is 0 Å². The number of pyridine rings is 1. The molecular weight excluding hydrogens is 328 g/mol. The fourth-order valence-electron chi connectivity index (χ4n) is 1.84. The first-order chi connectivity index (χ1) is 10.0. The molecule has 1 aromatic heterocycles. The average molecular weight is 349 g/mol. The lowest BCUT2D eigenvalue weighted by Gasteiger charge is -2.11. The van der Waals surface area contributed by atoms with Gasteiger partial charge in [0.2, 0.25) is 0 Å². The molecule has 1 N–H and O–H groups in total. The third kappa shape index (κ3) is 5.14. The van der Waals surface area contributed by atoms with Crippen molar-refractivity contribution in [2.24, 2.45) is 0 Å². The summed E-state index contributed by atoms with van der Waals surface area (Å²) in [4.78, 5) is 4.22. The minimum absolute atomic E-state index is 0.487. The molecule has 21 heavy (non-hydrogen) atoms. The number of rotatable bonds is 6. The summed E-state index contributed by atoms with van der Waals surface area (Å²) in [6.07, 6.45) is 1.75. The highest BCUT2D eigenvalue weighted by atomic mass is 79.9. The molecule has 0 bridgehead atoms. The zero-order chi connectivity index (χ0) is 15.2. The zero-order valence-corrected chi connectivity index (χ0v) is 14.3. The van der Waals surface area contributed by atoms with Gasteiger partial charge in [-0.25, -0.2) is 0 Å². The van der Waals surface area contributed by atoms with Crippen LogP contribution < -0.4 is 10.1 Å². The maximum atomic E-state index is 5.76. The van der Waals surface area contributed by atoms with Gasteiger partial charge < -0.3 is 10.1 Å². The van der Waals surface area contributed by atoms with Crippen LogP contribution in [0.5, 0.6) is 5.75 Å². The second-order valence-corrected chi connectivity index (χ2v) is 6.24. The third-order valence-electron chi connectivity index (χ3n) is 3.11. The Labute approximate surface area is 134 Å². The average Bonchev–Trinajstić information content (AvgIpc) is 2.46. The molecule has 0 aliphatic heterocycles. The van der Waals surface area contributed by atoms with E-state index in [2.05, 4.69) is 58.3 Å². The van der Waals surface area contributed by atoms with Crippen molar-refractivity contribution < 1.29 is 4.74 Å². The number of halogens is 1. The van der Waals surface area contributed by atoms with Crippen molar-refractivity contribution in [1.29, 1.82) is 0 Å². The summed E-state index contributed by atoms with van der Waals surface area (Å²) in [6.45, 7) is 7.66. The molecule has 0 aliphatic rings. The molecule has 0 saturated heterocycles. The Morgan fingerprint density at radius 2 is 2.05 bits per heavy atom. The highest BCUT2D eigenvalue weighted by Gasteiger charge is 2.04. The summed E-state index contributed by atoms with van der Waals surface area (Å²) in [5, 5.41) is 3.41. The number of ether oxygens (including phenoxy) is 1. The summed E-state index contributed by atoms with van der Waals surface area (Å²) in [6, 6.07) is 10.7. The van der Waals surface area contributed by atoms with E-state index in [4.69, 9.17) is 4.74 Å². The van der Waals surface area contributed by atoms with Crippen molar-refractivity contribution >= 4 is 15.9 Å². The topological polar surface area (TPSA) is 34.1 Å². The van der Waals surface area contributed by atoms with Crippen LogP contribution in [-0.4, -0.2) is 11.0 Å². The summed E-state index contributed by atoms with van der Waals surface area (Å²) in [7, 11) is 0. The molecule has 2 rings (SSSR count). The molecular formula is C17H21BrN2O. The highest BCUT2D eigenvalue weighted by Crippen LogP contribution is 2.21. The standard InChI is InChI=1S/C17H21BrN2O/c1-12(2)19-9-14-5-6-15(17(18)8-14)11-21-16-7-4-13(3)20-10-16/h4-8,10,12,19H,9,11H2,1-3H3. The highest BCUT2D eigenvalue weighted by molar-refractivity contribution is 9.10. The quantitative estimate of drug-likeness (QED) is 0.848. The predicted molar refractivity (Wildman–Crippen MR) is 89.4 cm³/mol. The molecule has 4 heteroatoms. The predicted octanol–water partition coefficient (Wildman–Crippen LogP) is 4.23. The third-order valence-corrected chi connectivity index (χ3v) is 3.85. The molecule has 3 nitrogen and oxygen atoms in total. The van der Waals surface area contributed by atoms with Crippen LogP contribution in [0.4, 0.5) is 0 Å². The largest absolute Gasteiger partial charge is 0.487 e. The van der Waals surface area contributed by atoms with E-state index in [0.29, 0.717) is 12.6 Å². The summed E-state index contributed by atoms with van der Waals surface area (Å²) in [5.74, 6) is 0.790. The van der Waals surface area contributed by atoms with E-state index in [1.165, 1.54) is 5.56 Å². The van der Waals surface area contributed by atoms with Gasteiger partial charge in [0, 0.05) is 28.3 Å². The number of nitrogens with zero attached hydrogens (tertiary/aromatic N) is 1. The van der Waals surface area contributed by atoms with Gasteiger partial charge in [-0.1, -0.05) is 41.9 Å². The van der Waals surface area contributed by atoms with Crippen LogP contribution in [-0.2, 0) is 13.2 Å². The summed E-state index contributed by atoms with van der Waals surface area (Å²) in [5.41, 5.74) is 3.38. The van der Waals surface area contributed by atoms with E-state index in [1.54, 1.807) is 6.20 Å². The van der Waals surface area contributed by atoms with Crippen molar-refractivity contribution in [3.63, 3.8) is 0 Å². The van der Waals surface area contributed by atoms with Crippen molar-refractivity contribution in [1.82, 2.24) is 10.3 Å². The van der Waals surface area contributed by atoms with E-state index in [1.807, 2.05) is 19.1 Å². The summed E-state index contributed by atoms with van der Waals surface area (Å²) >= 11 is 3.62. The SMILES string of the molecule is Cc1ccc(OCc2ccc(CNC(C)C)cc2Br)cn1. The van der Waals surface area contributed by atoms with Crippen LogP contribution in [0.2, 0.25) is 0 Å². The normalized spacial score (nSPS) is 10.9. The number of nitrogens with one attached hydrogen (secondary N) is 1. The fourth-order valence-corrected chi connectivity index (χ4v) is 2.38. The monoisotopic (exact) mass is 348 g/mol. The zero-order valence-electron chi connectivity index (χ0n) is 12.7. The van der Waals surface area contributed by atoms with Crippen LogP contribution >= 0.6 is 15.9 Å². The molecule has 0 radical (unpaired) electrons. The van der Waals surface area contributed by atoms with Crippen LogP contribution in [0.25, 0.3) is 0 Å². The van der Waals surface area contributed by atoms with Gasteiger partial charge in [-0.2, -0.15) is 0 Å². The Balaban J connectivity index is 1.95. The minimum Gasteiger partial charge on any atom is -0.487 e. The number of benzene rings is 1. The molecule has 0 fully saturated rings. The fraction of sp³-hybridized carbons (Fsp3) is 0.353. The lowest BCUT2D eigenvalue weighted by molar-refractivity contribution is 0.304. The molecule has 2 aromatic rings. The van der Waals surface area contributed by atoms with E-state index in [-0.39, 0.29) is 0 Å². The van der Waals surface area contributed by atoms with Crippen molar-refractivity contribution in [3.05, 3.63) is 57.8 Å². The number of hydrogen-bond donors (Lipinski definition) is 1. The van der Waals surface area contributed by atoms with Gasteiger partial charge in [0.1, 0.15) is 12.4 Å². The molecule has 0 unspecified atom stereocenters. The Morgan fingerprint density at radius 3 is 2.67 bits per heavy atom. The second kappa shape index (κ2) is 7.57. The number of aromatic nitrogens is 1. The molecule has 0 atom stereocenters. The molecule has 0 spiro atoms. The Kier molecular flexibility index (Phi) is 5.76. The number of aryl methyl sites for hydroxylation is 1. The van der Waals surface area contributed by atoms with Gasteiger partial charge in [0.15, 0.2) is 0 Å². The molecule has 0 saturated carbocycles. The van der Waals surface area contributed by atoms with Crippen LogP contribution in [0.1, 0.15) is 30.7 Å². The van der Waals surface area contributed by atoms with Crippen LogP contribution in [0.15, 0.2) is 41.0 Å². The van der Waals surface area contributed by atoms with E-state index in [9.17, 15) is 0 Å². The van der Waals surface area contributed by atoms with E-state index < -0.39 is 0 Å². The van der Waals surface area contributed by atoms with Gasteiger partial charge in [-0.05, 0) is 30.7 Å². The first-order valence-corrected chi connectivity index (χ1v) is 7.90. The van der Waals surface area contributed by atoms with Crippen LogP contribution in [0, 0.1) is 6.92 Å². The minimum atomic E-state index is 0.487. The molecule has 0 amide bonds. The molecule has 1 aromatic carbocycles. The Morgan fingerprint density at radius 1 is 1.24 bits per heavy atom. The second-order valence-electron chi connectivity index (χ2n) is 5.39. The first-order valence-electron chi connectivity index (χ1n) is 7.11. The van der Waals surface area contributed by atoms with Gasteiger partial charge in [-0.3, -0.25) is 4.98 Å². The first kappa shape index (κ1) is 16.0. The Hall–Kier alpha value is -1.39. The van der Waals surface area contributed by atoms with Crippen molar-refractivity contribution in [2.45, 2.75) is 40.0 Å². The van der Waals surface area contributed by atoms with Gasteiger partial charge in [0.05, 0.1) is 6.20 Å². The Bertz CT molecular complexity index is 582. The number of hydrogen-bond acceptors (Lipinski definition) is 3. The van der Waals surface area contributed by atoms with E-state index >= 15 is 0 Å². The smallest absolute Gasteiger partial charge is 0.138 e. The van der Waals surface area contributed by atoms with Gasteiger partial charge >= 0.3 is 0 Å². The van der Waals surface area contributed by atoms with Gasteiger partial charge in [-0.15, -0.1) is 0 Å². The van der Waals surface area contributed by atoms with Crippen LogP contribution in [0.3, 0.4) is 0 Å². The lowest BCUT2D eigenvalue weighted by atomic mass is 10.1. The van der Waals surface area contributed by atoms with Crippen molar-refractivity contribution in [3.8, 4) is 5.75 Å². The maximum absolute atomic E-state index is 5.76.